The average Bonchev–Trinajstić information content (AvgIpc) is 3.40. The zero-order valence-corrected chi connectivity index (χ0v) is 24.2. The Labute approximate surface area is 243 Å². The van der Waals surface area contributed by atoms with Crippen LogP contribution >= 0.6 is 27.3 Å². The molecule has 0 saturated carbocycles. The molecule has 0 fully saturated rings. The van der Waals surface area contributed by atoms with Crippen LogP contribution in [0.15, 0.2) is 94.5 Å². The van der Waals surface area contributed by atoms with Crippen LogP contribution in [0.2, 0.25) is 0 Å². The number of amides is 1. The Hall–Kier alpha value is -4.41. The number of ether oxygens (including phenoxy) is 4. The molecule has 0 bridgehead atoms. The number of hydrazone groups is 1. The van der Waals surface area contributed by atoms with E-state index in [2.05, 4.69) is 26.0 Å². The molecule has 0 aliphatic heterocycles. The highest BCUT2D eigenvalue weighted by molar-refractivity contribution is 9.10. The molecule has 1 heterocycles. The van der Waals surface area contributed by atoms with E-state index >= 15 is 0 Å². The smallest absolute Gasteiger partial charge is 0.280 e. The lowest BCUT2D eigenvalue weighted by atomic mass is 10.2. The first-order chi connectivity index (χ1) is 19.5. The van der Waals surface area contributed by atoms with E-state index in [1.54, 1.807) is 42.6 Å². The van der Waals surface area contributed by atoms with E-state index in [1.165, 1.54) is 37.7 Å². The Morgan fingerprint density at radius 3 is 2.30 bits per heavy atom. The Morgan fingerprint density at radius 1 is 0.875 bits per heavy atom. The van der Waals surface area contributed by atoms with Gasteiger partial charge >= 0.3 is 0 Å². The molecule has 10 heteroatoms. The van der Waals surface area contributed by atoms with Crippen LogP contribution in [-0.4, -0.2) is 38.4 Å². The fourth-order valence-electron chi connectivity index (χ4n) is 3.91. The number of thiazole rings is 1. The van der Waals surface area contributed by atoms with Gasteiger partial charge in [0.1, 0.15) is 11.5 Å². The van der Waals surface area contributed by atoms with Crippen molar-refractivity contribution < 1.29 is 23.7 Å². The predicted octanol–water partition coefficient (Wildman–Crippen LogP) is 7.56. The zero-order chi connectivity index (χ0) is 28.1. The van der Waals surface area contributed by atoms with Gasteiger partial charge in [-0.3, -0.25) is 4.79 Å². The second kappa shape index (κ2) is 12.2. The zero-order valence-electron chi connectivity index (χ0n) is 21.8. The van der Waals surface area contributed by atoms with Crippen molar-refractivity contribution in [2.75, 3.05) is 26.3 Å². The number of benzene rings is 4. The largest absolute Gasteiger partial charge is 0.493 e. The maximum atomic E-state index is 13.9. The van der Waals surface area contributed by atoms with Crippen LogP contribution in [0.4, 0.5) is 5.13 Å². The van der Waals surface area contributed by atoms with E-state index in [4.69, 9.17) is 18.9 Å². The number of rotatable bonds is 9. The third-order valence-electron chi connectivity index (χ3n) is 5.78. The van der Waals surface area contributed by atoms with Gasteiger partial charge in [-0.15, -0.1) is 0 Å². The SMILES string of the molecule is COc1cc(/C=N/N(C(=O)c2cccc(Oc3ccccc3)c2)c2nc3ccc(Br)cc3s2)cc(OC)c1OC. The highest BCUT2D eigenvalue weighted by atomic mass is 79.9. The standard InChI is InChI=1S/C30H24BrN3O5S/c1-36-25-14-19(15-26(37-2)28(25)38-3)18-32-34(30-33-24-13-12-21(31)17-27(24)40-30)29(35)20-8-7-11-23(16-20)39-22-9-5-4-6-10-22/h4-18H,1-3H3/b32-18+. The number of para-hydroxylation sites is 1. The molecule has 1 amide bonds. The fraction of sp³-hybridized carbons (Fsp3) is 0.100. The summed E-state index contributed by atoms with van der Waals surface area (Å²) in [6.45, 7) is 0. The normalized spacial score (nSPS) is 11.0. The van der Waals surface area contributed by atoms with Gasteiger partial charge in [-0.25, -0.2) is 4.98 Å². The van der Waals surface area contributed by atoms with Crippen LogP contribution in [0.1, 0.15) is 15.9 Å². The van der Waals surface area contributed by atoms with Crippen molar-refractivity contribution in [3.8, 4) is 28.7 Å². The van der Waals surface area contributed by atoms with Crippen molar-refractivity contribution in [2.45, 2.75) is 0 Å². The van der Waals surface area contributed by atoms with Gasteiger partial charge in [-0.05, 0) is 60.7 Å². The van der Waals surface area contributed by atoms with Crippen molar-refractivity contribution in [1.29, 1.82) is 0 Å². The van der Waals surface area contributed by atoms with E-state index < -0.39 is 0 Å². The Balaban J connectivity index is 1.54. The summed E-state index contributed by atoms with van der Waals surface area (Å²) in [5, 5.41) is 6.27. The molecule has 202 valence electrons. The summed E-state index contributed by atoms with van der Waals surface area (Å²) < 4.78 is 24.1. The molecule has 5 rings (SSSR count). The Kier molecular flexibility index (Phi) is 8.28. The predicted molar refractivity (Wildman–Crippen MR) is 161 cm³/mol. The van der Waals surface area contributed by atoms with Crippen LogP contribution in [0.3, 0.4) is 0 Å². The highest BCUT2D eigenvalue weighted by Gasteiger charge is 2.22. The van der Waals surface area contributed by atoms with Crippen molar-refractivity contribution in [3.05, 3.63) is 101 Å². The fourth-order valence-corrected chi connectivity index (χ4v) is 5.38. The van der Waals surface area contributed by atoms with Crippen LogP contribution in [0, 0.1) is 0 Å². The van der Waals surface area contributed by atoms with Gasteiger partial charge in [-0.2, -0.15) is 10.1 Å². The van der Waals surface area contributed by atoms with Crippen LogP contribution in [0.25, 0.3) is 10.2 Å². The summed E-state index contributed by atoms with van der Waals surface area (Å²) >= 11 is 4.86. The lowest BCUT2D eigenvalue weighted by Gasteiger charge is -2.15. The number of methoxy groups -OCH3 is 3. The second-order valence-corrected chi connectivity index (χ2v) is 10.3. The third kappa shape index (κ3) is 5.93. The minimum atomic E-state index is -0.375. The van der Waals surface area contributed by atoms with E-state index in [-0.39, 0.29) is 5.91 Å². The maximum Gasteiger partial charge on any atom is 0.280 e. The number of anilines is 1. The first-order valence-electron chi connectivity index (χ1n) is 12.1. The van der Waals surface area contributed by atoms with Gasteiger partial charge in [0.15, 0.2) is 11.5 Å². The molecule has 5 aromatic rings. The molecular formula is C30H24BrN3O5S. The van der Waals surface area contributed by atoms with Crippen LogP contribution < -0.4 is 24.0 Å². The quantitative estimate of drug-likeness (QED) is 0.125. The van der Waals surface area contributed by atoms with Crippen LogP contribution in [-0.2, 0) is 0 Å². The lowest BCUT2D eigenvalue weighted by Crippen LogP contribution is -2.25. The van der Waals surface area contributed by atoms with Crippen molar-refractivity contribution >= 4 is 54.7 Å². The lowest BCUT2D eigenvalue weighted by molar-refractivity contribution is 0.0987. The van der Waals surface area contributed by atoms with Gasteiger partial charge in [0.25, 0.3) is 5.91 Å². The Bertz CT molecular complexity index is 1660. The summed E-state index contributed by atoms with van der Waals surface area (Å²) in [4.78, 5) is 18.6. The van der Waals surface area contributed by atoms with Crippen molar-refractivity contribution in [2.24, 2.45) is 5.10 Å². The maximum absolute atomic E-state index is 13.9. The summed E-state index contributed by atoms with van der Waals surface area (Å²) in [5.41, 5.74) is 1.78. The summed E-state index contributed by atoms with van der Waals surface area (Å²) in [7, 11) is 4.62. The summed E-state index contributed by atoms with van der Waals surface area (Å²) in [5.74, 6) is 2.22. The molecule has 0 spiro atoms. The molecule has 0 unspecified atom stereocenters. The minimum Gasteiger partial charge on any atom is -0.493 e. The number of carbonyl (C=O) groups is 1. The number of nitrogens with zero attached hydrogens (tertiary/aromatic N) is 3. The monoisotopic (exact) mass is 617 g/mol. The topological polar surface area (TPSA) is 82.5 Å². The van der Waals surface area contributed by atoms with E-state index in [0.29, 0.717) is 45.0 Å². The van der Waals surface area contributed by atoms with Gasteiger partial charge in [-0.1, -0.05) is 51.5 Å². The molecule has 40 heavy (non-hydrogen) atoms. The molecule has 0 radical (unpaired) electrons. The number of hydrogen-bond donors (Lipinski definition) is 0. The van der Waals surface area contributed by atoms with E-state index in [1.807, 2.05) is 48.5 Å². The molecule has 0 atom stereocenters. The molecule has 0 N–H and O–H groups in total. The van der Waals surface area contributed by atoms with E-state index in [9.17, 15) is 4.79 Å². The highest BCUT2D eigenvalue weighted by Crippen LogP contribution is 2.38. The van der Waals surface area contributed by atoms with Crippen molar-refractivity contribution in [3.63, 3.8) is 0 Å². The van der Waals surface area contributed by atoms with Gasteiger partial charge < -0.3 is 18.9 Å². The third-order valence-corrected chi connectivity index (χ3v) is 7.27. The van der Waals surface area contributed by atoms with E-state index in [0.717, 1.165) is 14.7 Å². The first-order valence-corrected chi connectivity index (χ1v) is 13.7. The minimum absolute atomic E-state index is 0.375. The number of hydrogen-bond acceptors (Lipinski definition) is 8. The summed E-state index contributed by atoms with van der Waals surface area (Å²) in [6, 6.07) is 25.6. The molecule has 1 aromatic heterocycles. The number of halogens is 1. The number of aromatic nitrogens is 1. The average molecular weight is 619 g/mol. The first kappa shape index (κ1) is 27.2. The second-order valence-electron chi connectivity index (χ2n) is 8.37. The van der Waals surface area contributed by atoms with Gasteiger partial charge in [0.2, 0.25) is 10.9 Å². The molecule has 8 nitrogen and oxygen atoms in total. The van der Waals surface area contributed by atoms with Crippen molar-refractivity contribution in [1.82, 2.24) is 4.98 Å². The molecular weight excluding hydrogens is 594 g/mol. The number of fused-ring (bicyclic) bond motifs is 1. The molecule has 4 aromatic carbocycles. The van der Waals surface area contributed by atoms with Gasteiger partial charge in [0, 0.05) is 15.6 Å². The molecule has 0 aliphatic rings. The molecule has 0 aliphatic carbocycles. The van der Waals surface area contributed by atoms with Gasteiger partial charge in [0.05, 0.1) is 37.8 Å². The Morgan fingerprint density at radius 2 is 1.60 bits per heavy atom. The molecule has 0 saturated heterocycles. The van der Waals surface area contributed by atoms with Crippen LogP contribution in [0.5, 0.6) is 28.7 Å². The summed E-state index contributed by atoms with van der Waals surface area (Å²) in [6.07, 6.45) is 1.55. The number of carbonyl (C=O) groups excluding carboxylic acids is 1.